The third-order valence-electron chi connectivity index (χ3n) is 3.63. The Balaban J connectivity index is 1.44. The van der Waals surface area contributed by atoms with Crippen molar-refractivity contribution in [2.75, 3.05) is 17.2 Å². The minimum absolute atomic E-state index is 0.197. The van der Waals surface area contributed by atoms with Gasteiger partial charge in [0.05, 0.1) is 5.56 Å². The van der Waals surface area contributed by atoms with Crippen molar-refractivity contribution in [2.24, 2.45) is 0 Å². The molecule has 1 heterocycles. The minimum atomic E-state index is -4.79. The summed E-state index contributed by atoms with van der Waals surface area (Å²) in [6.07, 6.45) is -1.25. The zero-order valence-corrected chi connectivity index (χ0v) is 14.5. The highest BCUT2D eigenvalue weighted by molar-refractivity contribution is 5.95. The minimum Gasteiger partial charge on any atom is -0.452 e. The van der Waals surface area contributed by atoms with Gasteiger partial charge in [0.25, 0.3) is 5.91 Å². The lowest BCUT2D eigenvalue weighted by Crippen LogP contribution is -2.21. The number of hydrogen-bond donors (Lipinski definition) is 2. The number of nitrogens with one attached hydrogen (secondary N) is 2. The van der Waals surface area contributed by atoms with E-state index < -0.39 is 30.6 Å². The summed E-state index contributed by atoms with van der Waals surface area (Å²) in [6.45, 7) is -0.554. The Hall–Kier alpha value is -3.30. The SMILES string of the molecule is O=C(COC(=O)c1ccc(NC2CC2)nc1)Nc1ccc(OC(F)(F)F)cc1. The molecular formula is C18H16F3N3O4. The molecule has 1 aromatic carbocycles. The number of carbonyl (C=O) groups is 2. The van der Waals surface area contributed by atoms with Gasteiger partial charge in [0.15, 0.2) is 6.61 Å². The molecule has 2 aromatic rings. The second-order valence-electron chi connectivity index (χ2n) is 6.05. The summed E-state index contributed by atoms with van der Waals surface area (Å²) < 4.78 is 44.9. The Morgan fingerprint density at radius 1 is 1.11 bits per heavy atom. The van der Waals surface area contributed by atoms with Gasteiger partial charge in [-0.3, -0.25) is 4.79 Å². The highest BCUT2D eigenvalue weighted by atomic mass is 19.4. The van der Waals surface area contributed by atoms with Crippen molar-refractivity contribution in [1.82, 2.24) is 4.98 Å². The number of ether oxygens (including phenoxy) is 2. The molecule has 1 aliphatic carbocycles. The monoisotopic (exact) mass is 395 g/mol. The normalized spacial score (nSPS) is 13.5. The second kappa shape index (κ2) is 8.15. The van der Waals surface area contributed by atoms with Crippen molar-refractivity contribution in [3.8, 4) is 5.75 Å². The van der Waals surface area contributed by atoms with Gasteiger partial charge in [-0.25, -0.2) is 9.78 Å². The number of pyridine rings is 1. The number of rotatable bonds is 7. The van der Waals surface area contributed by atoms with Gasteiger partial charge in [0.2, 0.25) is 0 Å². The number of amides is 1. The number of hydrogen-bond acceptors (Lipinski definition) is 6. The Labute approximate surface area is 157 Å². The summed E-state index contributed by atoms with van der Waals surface area (Å²) in [5.41, 5.74) is 0.426. The highest BCUT2D eigenvalue weighted by Gasteiger charge is 2.31. The fourth-order valence-electron chi connectivity index (χ4n) is 2.19. The van der Waals surface area contributed by atoms with E-state index in [1.54, 1.807) is 6.07 Å². The molecule has 0 radical (unpaired) electrons. The van der Waals surface area contributed by atoms with Crippen LogP contribution in [-0.4, -0.2) is 35.9 Å². The third kappa shape index (κ3) is 6.15. The van der Waals surface area contributed by atoms with Crippen molar-refractivity contribution in [3.63, 3.8) is 0 Å². The van der Waals surface area contributed by atoms with Crippen LogP contribution in [0.4, 0.5) is 24.7 Å². The molecule has 10 heteroatoms. The molecule has 28 heavy (non-hydrogen) atoms. The lowest BCUT2D eigenvalue weighted by Gasteiger charge is -2.10. The van der Waals surface area contributed by atoms with Crippen molar-refractivity contribution in [3.05, 3.63) is 48.2 Å². The molecule has 3 rings (SSSR count). The molecule has 1 fully saturated rings. The molecule has 0 bridgehead atoms. The molecule has 0 atom stereocenters. The van der Waals surface area contributed by atoms with Gasteiger partial charge in [0, 0.05) is 17.9 Å². The van der Waals surface area contributed by atoms with Crippen LogP contribution in [-0.2, 0) is 9.53 Å². The lowest BCUT2D eigenvalue weighted by atomic mass is 10.3. The Bertz CT molecular complexity index is 835. The molecule has 1 aliphatic rings. The highest BCUT2D eigenvalue weighted by Crippen LogP contribution is 2.24. The first kappa shape index (κ1) is 19.5. The molecule has 148 valence electrons. The van der Waals surface area contributed by atoms with E-state index in [1.807, 2.05) is 0 Å². The Morgan fingerprint density at radius 2 is 1.82 bits per heavy atom. The van der Waals surface area contributed by atoms with E-state index in [2.05, 4.69) is 20.4 Å². The molecule has 0 saturated heterocycles. The van der Waals surface area contributed by atoms with Crippen molar-refractivity contribution >= 4 is 23.4 Å². The predicted molar refractivity (Wildman–Crippen MR) is 92.9 cm³/mol. The molecule has 1 aromatic heterocycles. The summed E-state index contributed by atoms with van der Waals surface area (Å²) >= 11 is 0. The first-order valence-corrected chi connectivity index (χ1v) is 8.34. The van der Waals surface area contributed by atoms with Gasteiger partial charge in [-0.15, -0.1) is 13.2 Å². The summed E-state index contributed by atoms with van der Waals surface area (Å²) in [4.78, 5) is 27.9. The maximum Gasteiger partial charge on any atom is 0.573 e. The number of carbonyl (C=O) groups excluding carboxylic acids is 2. The predicted octanol–water partition coefficient (Wildman–Crippen LogP) is 3.35. The number of anilines is 2. The van der Waals surface area contributed by atoms with Crippen molar-refractivity contribution in [1.29, 1.82) is 0 Å². The molecule has 2 N–H and O–H groups in total. The first-order chi connectivity index (χ1) is 13.3. The van der Waals surface area contributed by atoms with Gasteiger partial charge < -0.3 is 20.1 Å². The second-order valence-corrected chi connectivity index (χ2v) is 6.05. The van der Waals surface area contributed by atoms with Crippen LogP contribution in [0.5, 0.6) is 5.75 Å². The van der Waals surface area contributed by atoms with E-state index in [0.29, 0.717) is 11.9 Å². The van der Waals surface area contributed by atoms with Gasteiger partial charge in [-0.1, -0.05) is 0 Å². The quantitative estimate of drug-likeness (QED) is 0.699. The lowest BCUT2D eigenvalue weighted by molar-refractivity contribution is -0.274. The van der Waals surface area contributed by atoms with Crippen molar-refractivity contribution in [2.45, 2.75) is 25.2 Å². The van der Waals surface area contributed by atoms with Crippen LogP contribution >= 0.6 is 0 Å². The number of benzene rings is 1. The molecular weight excluding hydrogens is 379 g/mol. The van der Waals surface area contributed by atoms with Crippen LogP contribution in [0.1, 0.15) is 23.2 Å². The average Bonchev–Trinajstić information content (AvgIpc) is 3.45. The number of esters is 1. The van der Waals surface area contributed by atoms with Gasteiger partial charge in [-0.05, 0) is 49.2 Å². The number of alkyl halides is 3. The zero-order chi connectivity index (χ0) is 20.1. The Kier molecular flexibility index (Phi) is 5.67. The standard InChI is InChI=1S/C18H16F3N3O4/c19-18(20,21)28-14-6-4-13(5-7-14)24-16(25)10-27-17(26)11-1-8-15(22-9-11)23-12-2-3-12/h1,4-9,12H,2-3,10H2,(H,22,23)(H,24,25). The van der Waals surface area contributed by atoms with Crippen LogP contribution in [0.25, 0.3) is 0 Å². The zero-order valence-electron chi connectivity index (χ0n) is 14.5. The molecule has 0 aliphatic heterocycles. The van der Waals surface area contributed by atoms with Crippen LogP contribution in [0, 0.1) is 0 Å². The van der Waals surface area contributed by atoms with Crippen LogP contribution in [0.3, 0.4) is 0 Å². The largest absolute Gasteiger partial charge is 0.573 e. The summed E-state index contributed by atoms with van der Waals surface area (Å²) in [6, 6.07) is 8.20. The third-order valence-corrected chi connectivity index (χ3v) is 3.63. The van der Waals surface area contributed by atoms with E-state index in [9.17, 15) is 22.8 Å². The maximum absolute atomic E-state index is 12.1. The van der Waals surface area contributed by atoms with E-state index >= 15 is 0 Å². The fraction of sp³-hybridized carbons (Fsp3) is 0.278. The van der Waals surface area contributed by atoms with E-state index in [4.69, 9.17) is 4.74 Å². The van der Waals surface area contributed by atoms with Crippen LogP contribution < -0.4 is 15.4 Å². The first-order valence-electron chi connectivity index (χ1n) is 8.34. The van der Waals surface area contributed by atoms with Gasteiger partial charge >= 0.3 is 12.3 Å². The van der Waals surface area contributed by atoms with Crippen LogP contribution in [0.15, 0.2) is 42.6 Å². The molecule has 0 spiro atoms. The molecule has 7 nitrogen and oxygen atoms in total. The maximum atomic E-state index is 12.1. The van der Waals surface area contributed by atoms with E-state index in [0.717, 1.165) is 25.0 Å². The fourth-order valence-corrected chi connectivity index (χ4v) is 2.19. The smallest absolute Gasteiger partial charge is 0.452 e. The summed E-state index contributed by atoms with van der Waals surface area (Å²) in [7, 11) is 0. The van der Waals surface area contributed by atoms with E-state index in [1.165, 1.54) is 24.4 Å². The van der Waals surface area contributed by atoms with Crippen molar-refractivity contribution < 1.29 is 32.2 Å². The number of halogens is 3. The average molecular weight is 395 g/mol. The van der Waals surface area contributed by atoms with E-state index in [-0.39, 0.29) is 11.3 Å². The van der Waals surface area contributed by atoms with Crippen LogP contribution in [0.2, 0.25) is 0 Å². The molecule has 1 saturated carbocycles. The summed E-state index contributed by atoms with van der Waals surface area (Å²) in [5.74, 6) is -1.11. The van der Waals surface area contributed by atoms with Gasteiger partial charge in [-0.2, -0.15) is 0 Å². The molecule has 1 amide bonds. The Morgan fingerprint density at radius 3 is 2.39 bits per heavy atom. The topological polar surface area (TPSA) is 89.6 Å². The number of nitrogens with zero attached hydrogens (tertiary/aromatic N) is 1. The van der Waals surface area contributed by atoms with Gasteiger partial charge in [0.1, 0.15) is 11.6 Å². The summed E-state index contributed by atoms with van der Waals surface area (Å²) in [5, 5.41) is 5.58. The number of aromatic nitrogens is 1. The molecule has 0 unspecified atom stereocenters.